The maximum absolute atomic E-state index is 13.3. The lowest BCUT2D eigenvalue weighted by Crippen LogP contribution is -2.21. The number of hydrogen-bond donors (Lipinski definition) is 1. The van der Waals surface area contributed by atoms with Gasteiger partial charge in [-0.3, -0.25) is 9.48 Å². The second-order valence-electron chi connectivity index (χ2n) is 6.69. The molecule has 0 bridgehead atoms. The smallest absolute Gasteiger partial charge is 0.280 e. The maximum Gasteiger partial charge on any atom is 0.280 e. The molecule has 1 amide bonds. The molecule has 4 rings (SSSR count). The van der Waals surface area contributed by atoms with Crippen LogP contribution < -0.4 is 5.32 Å². The predicted octanol–water partition coefficient (Wildman–Crippen LogP) is 5.49. The summed E-state index contributed by atoms with van der Waals surface area (Å²) in [5.41, 5.74) is 1.10. The van der Waals surface area contributed by atoms with Crippen molar-refractivity contribution in [2.24, 2.45) is 0 Å². The van der Waals surface area contributed by atoms with Gasteiger partial charge in [-0.2, -0.15) is 5.10 Å². The minimum absolute atomic E-state index is 0.205. The molecular weight excluding hydrogens is 380 g/mol. The van der Waals surface area contributed by atoms with E-state index < -0.39 is 6.43 Å². The van der Waals surface area contributed by atoms with E-state index in [4.69, 9.17) is 0 Å². The van der Waals surface area contributed by atoms with Crippen molar-refractivity contribution in [2.75, 3.05) is 5.32 Å². The largest absolute Gasteiger partial charge is 0.323 e. The molecule has 1 fully saturated rings. The quantitative estimate of drug-likeness (QED) is 0.572. The average Bonchev–Trinajstić information content (AvgIpc) is 3.45. The zero-order chi connectivity index (χ0) is 19.5. The van der Waals surface area contributed by atoms with E-state index in [-0.39, 0.29) is 24.1 Å². The molecule has 1 aliphatic carbocycles. The van der Waals surface area contributed by atoms with Gasteiger partial charge in [-0.1, -0.05) is 42.1 Å². The first-order chi connectivity index (χ1) is 13.6. The summed E-state index contributed by atoms with van der Waals surface area (Å²) in [4.78, 5) is 14.5. The molecule has 1 saturated carbocycles. The second-order valence-corrected chi connectivity index (χ2v) is 7.80. The Bertz CT molecular complexity index is 971. The number of anilines is 1. The molecule has 0 radical (unpaired) electrons. The number of aromatic nitrogens is 2. The van der Waals surface area contributed by atoms with E-state index in [9.17, 15) is 13.6 Å². The van der Waals surface area contributed by atoms with Crippen molar-refractivity contribution >= 4 is 23.4 Å². The maximum atomic E-state index is 13.3. The fourth-order valence-electron chi connectivity index (χ4n) is 2.93. The number of benzene rings is 2. The first-order valence-corrected chi connectivity index (χ1v) is 9.89. The summed E-state index contributed by atoms with van der Waals surface area (Å²) in [5.74, 6) is -0.127. The molecule has 0 saturated heterocycles. The molecule has 28 heavy (non-hydrogen) atoms. The summed E-state index contributed by atoms with van der Waals surface area (Å²) >= 11 is 1.53. The van der Waals surface area contributed by atoms with Crippen molar-refractivity contribution in [3.63, 3.8) is 0 Å². The molecule has 1 aromatic heterocycles. The lowest BCUT2D eigenvalue weighted by molar-refractivity contribution is -0.117. The third-order valence-corrected chi connectivity index (χ3v) is 5.56. The van der Waals surface area contributed by atoms with Crippen molar-refractivity contribution in [1.29, 1.82) is 0 Å². The van der Waals surface area contributed by atoms with Gasteiger partial charge in [-0.15, -0.1) is 0 Å². The van der Waals surface area contributed by atoms with E-state index in [2.05, 4.69) is 10.4 Å². The van der Waals surface area contributed by atoms with E-state index in [1.165, 1.54) is 17.8 Å². The predicted molar refractivity (Wildman–Crippen MR) is 105 cm³/mol. The van der Waals surface area contributed by atoms with Gasteiger partial charge in [-0.05, 0) is 43.2 Å². The number of carbonyl (C=O) groups is 1. The Labute approximate surface area is 166 Å². The van der Waals surface area contributed by atoms with Crippen LogP contribution in [0.15, 0.2) is 70.5 Å². The van der Waals surface area contributed by atoms with Gasteiger partial charge < -0.3 is 5.32 Å². The molecule has 0 unspecified atom stereocenters. The van der Waals surface area contributed by atoms with Crippen molar-refractivity contribution in [1.82, 2.24) is 9.78 Å². The Morgan fingerprint density at radius 3 is 2.57 bits per heavy atom. The highest BCUT2D eigenvalue weighted by atomic mass is 32.2. The number of alkyl halides is 2. The first-order valence-electron chi connectivity index (χ1n) is 9.08. The Hall–Kier alpha value is -2.67. The van der Waals surface area contributed by atoms with Crippen molar-refractivity contribution in [3.8, 4) is 0 Å². The van der Waals surface area contributed by atoms with Crippen LogP contribution in [0.25, 0.3) is 0 Å². The van der Waals surface area contributed by atoms with E-state index >= 15 is 0 Å². The van der Waals surface area contributed by atoms with Crippen LogP contribution >= 0.6 is 11.8 Å². The summed E-state index contributed by atoms with van der Waals surface area (Å²) < 4.78 is 27.8. The molecule has 1 N–H and O–H groups in total. The van der Waals surface area contributed by atoms with Crippen molar-refractivity contribution in [3.05, 3.63) is 72.1 Å². The number of nitrogens with zero attached hydrogens (tertiary/aromatic N) is 2. The zero-order valence-electron chi connectivity index (χ0n) is 15.0. The van der Waals surface area contributed by atoms with E-state index in [1.54, 1.807) is 6.07 Å². The summed E-state index contributed by atoms with van der Waals surface area (Å²) in [5, 5.41) is 7.07. The van der Waals surface area contributed by atoms with Crippen LogP contribution in [0.5, 0.6) is 0 Å². The molecule has 2 aromatic carbocycles. The molecule has 1 heterocycles. The van der Waals surface area contributed by atoms with Crippen LogP contribution in [-0.2, 0) is 11.3 Å². The van der Waals surface area contributed by atoms with Gasteiger partial charge in [0.25, 0.3) is 6.43 Å². The lowest BCUT2D eigenvalue weighted by atomic mass is 10.3. The molecular formula is C21H19F2N3OS. The standard InChI is InChI=1S/C21H19F2N3OS/c22-21(23)18-12-17(14-10-11-14)25-26(18)13-20(27)24-16-8-4-5-9-19(16)28-15-6-2-1-3-7-15/h1-9,12,14,21H,10-11,13H2,(H,24,27). The first kappa shape index (κ1) is 18.7. The average molecular weight is 399 g/mol. The summed E-state index contributed by atoms with van der Waals surface area (Å²) in [7, 11) is 0. The Balaban J connectivity index is 1.49. The van der Waals surface area contributed by atoms with Crippen LogP contribution in [0.2, 0.25) is 0 Å². The number of halogens is 2. The van der Waals surface area contributed by atoms with E-state index in [0.29, 0.717) is 11.4 Å². The highest BCUT2D eigenvalue weighted by Crippen LogP contribution is 2.40. The molecule has 4 nitrogen and oxygen atoms in total. The summed E-state index contributed by atoms with van der Waals surface area (Å²) in [6, 6.07) is 18.7. The second kappa shape index (κ2) is 8.14. The van der Waals surface area contributed by atoms with Gasteiger partial charge in [0.1, 0.15) is 12.2 Å². The molecule has 144 valence electrons. The van der Waals surface area contributed by atoms with E-state index in [0.717, 1.165) is 27.3 Å². The zero-order valence-corrected chi connectivity index (χ0v) is 15.8. The van der Waals surface area contributed by atoms with Gasteiger partial charge in [0.2, 0.25) is 5.91 Å². The SMILES string of the molecule is O=C(Cn1nc(C2CC2)cc1C(F)F)Nc1ccccc1Sc1ccccc1. The molecule has 7 heteroatoms. The molecule has 0 aliphatic heterocycles. The molecule has 0 spiro atoms. The van der Waals surface area contributed by atoms with Crippen molar-refractivity contribution < 1.29 is 13.6 Å². The number of carbonyl (C=O) groups excluding carboxylic acids is 1. The lowest BCUT2D eigenvalue weighted by Gasteiger charge is -2.12. The van der Waals surface area contributed by atoms with Gasteiger partial charge in [-0.25, -0.2) is 8.78 Å². The topological polar surface area (TPSA) is 46.9 Å². The van der Waals surface area contributed by atoms with Crippen LogP contribution in [0.4, 0.5) is 14.5 Å². The van der Waals surface area contributed by atoms with Crippen LogP contribution in [0.1, 0.15) is 36.6 Å². The van der Waals surface area contributed by atoms with Crippen molar-refractivity contribution in [2.45, 2.75) is 41.5 Å². The fraction of sp³-hybridized carbons (Fsp3) is 0.238. The minimum atomic E-state index is -2.66. The van der Waals surface area contributed by atoms with Gasteiger partial charge in [0.05, 0.1) is 11.4 Å². The van der Waals surface area contributed by atoms with Crippen LogP contribution in [0, 0.1) is 0 Å². The number of amides is 1. The van der Waals surface area contributed by atoms with Gasteiger partial charge in [0, 0.05) is 15.7 Å². The number of para-hydroxylation sites is 1. The molecule has 1 aliphatic rings. The molecule has 0 atom stereocenters. The van der Waals surface area contributed by atoms with Gasteiger partial charge in [0.15, 0.2) is 0 Å². The highest BCUT2D eigenvalue weighted by molar-refractivity contribution is 7.99. The Kier molecular flexibility index (Phi) is 5.43. The third-order valence-electron chi connectivity index (χ3n) is 4.47. The third kappa shape index (κ3) is 4.42. The van der Waals surface area contributed by atoms with Crippen LogP contribution in [-0.4, -0.2) is 15.7 Å². The minimum Gasteiger partial charge on any atom is -0.323 e. The number of nitrogens with one attached hydrogen (secondary N) is 1. The number of rotatable bonds is 7. The fourth-order valence-corrected chi connectivity index (χ4v) is 3.86. The van der Waals surface area contributed by atoms with Gasteiger partial charge >= 0.3 is 0 Å². The van der Waals surface area contributed by atoms with E-state index in [1.807, 2.05) is 48.5 Å². The Morgan fingerprint density at radius 1 is 1.14 bits per heavy atom. The highest BCUT2D eigenvalue weighted by Gasteiger charge is 2.29. The van der Waals surface area contributed by atoms with Crippen LogP contribution in [0.3, 0.4) is 0 Å². The monoisotopic (exact) mass is 399 g/mol. The summed E-state index contributed by atoms with van der Waals surface area (Å²) in [6.07, 6.45) is -0.722. The number of hydrogen-bond acceptors (Lipinski definition) is 3. The Morgan fingerprint density at radius 2 is 1.86 bits per heavy atom. The normalized spacial score (nSPS) is 13.7. The molecule has 3 aromatic rings. The summed E-state index contributed by atoms with van der Waals surface area (Å²) in [6.45, 7) is -0.239.